The van der Waals surface area contributed by atoms with Crippen LogP contribution in [0.2, 0.25) is 0 Å². The Morgan fingerprint density at radius 1 is 1.29 bits per heavy atom. The molecule has 14 heavy (non-hydrogen) atoms. The first-order valence-electron chi connectivity index (χ1n) is 3.30. The van der Waals surface area contributed by atoms with Crippen molar-refractivity contribution in [3.8, 4) is 0 Å². The van der Waals surface area contributed by atoms with E-state index in [1.54, 1.807) is 0 Å². The zero-order chi connectivity index (χ0) is 10.8. The van der Waals surface area contributed by atoms with E-state index in [9.17, 15) is 18.5 Å². The number of nitro benzene ring substituents is 1. The Hall–Kier alpha value is -1.12. The van der Waals surface area contributed by atoms with E-state index < -0.39 is 14.1 Å². The van der Waals surface area contributed by atoms with Gasteiger partial charge in [0.05, 0.1) is 4.92 Å². The minimum atomic E-state index is -4.16. The maximum absolute atomic E-state index is 10.4. The van der Waals surface area contributed by atoms with Gasteiger partial charge in [0.25, 0.3) is 5.69 Å². The zero-order valence-electron chi connectivity index (χ0n) is 6.65. The second kappa shape index (κ2) is 3.95. The quantitative estimate of drug-likeness (QED) is 0.369. The molecule has 0 saturated heterocycles. The predicted molar refractivity (Wildman–Crippen MR) is 50.5 cm³/mol. The van der Waals surface area contributed by atoms with Crippen molar-refractivity contribution in [3.05, 3.63) is 34.4 Å². The maximum Gasteiger partial charge on any atom is 0.324 e. The van der Waals surface area contributed by atoms with Crippen molar-refractivity contribution in [2.75, 3.05) is 0 Å². The Labute approximate surface area is 83.2 Å². The molecule has 76 valence electrons. The molecule has 1 aromatic rings. The Kier molecular flexibility index (Phi) is 3.09. The lowest BCUT2D eigenvalue weighted by Crippen LogP contribution is -1.90. The molecular weight excluding hydrogens is 230 g/mol. The first kappa shape index (κ1) is 11.0. The van der Waals surface area contributed by atoms with Gasteiger partial charge in [-0.1, -0.05) is 0 Å². The third-order valence-corrected chi connectivity index (χ3v) is 3.13. The lowest BCUT2D eigenvalue weighted by Gasteiger charge is -1.96. The van der Waals surface area contributed by atoms with Gasteiger partial charge in [-0.15, -0.1) is 0 Å². The van der Waals surface area contributed by atoms with Crippen molar-refractivity contribution in [3.63, 3.8) is 0 Å². The number of hydrogen-bond donors (Lipinski definition) is 1. The number of nitro groups is 1. The third-order valence-electron chi connectivity index (χ3n) is 1.25. The van der Waals surface area contributed by atoms with E-state index >= 15 is 0 Å². The normalized spacial score (nSPS) is 11.2. The Balaban J connectivity index is 2.90. The molecule has 0 fully saturated rings. The van der Waals surface area contributed by atoms with Crippen LogP contribution in [-0.2, 0) is 9.15 Å². The summed E-state index contributed by atoms with van der Waals surface area (Å²) in [5, 5.41) is 10.2. The van der Waals surface area contributed by atoms with Gasteiger partial charge in [0.2, 0.25) is 0 Å². The van der Waals surface area contributed by atoms with E-state index in [4.69, 9.17) is 4.55 Å². The summed E-state index contributed by atoms with van der Waals surface area (Å²) < 4.78 is 29.3. The van der Waals surface area contributed by atoms with Crippen LogP contribution in [0, 0.1) is 10.1 Å². The number of nitrogens with zero attached hydrogens (tertiary/aromatic N) is 1. The Morgan fingerprint density at radius 2 is 1.79 bits per heavy atom. The van der Waals surface area contributed by atoms with E-state index in [0.717, 1.165) is 12.1 Å². The van der Waals surface area contributed by atoms with Gasteiger partial charge in [0.1, 0.15) is 0 Å². The van der Waals surface area contributed by atoms with Crippen molar-refractivity contribution in [2.45, 2.75) is 4.90 Å². The largest absolute Gasteiger partial charge is 0.324 e. The number of non-ortho nitro benzene ring substituents is 1. The molecule has 0 aromatic heterocycles. The van der Waals surface area contributed by atoms with Crippen LogP contribution >= 0.6 is 10.8 Å². The Bertz CT molecular complexity index is 438. The van der Waals surface area contributed by atoms with Gasteiger partial charge in [0, 0.05) is 27.8 Å². The summed E-state index contributed by atoms with van der Waals surface area (Å²) in [4.78, 5) is 9.85. The molecule has 0 saturated carbocycles. The van der Waals surface area contributed by atoms with E-state index in [-0.39, 0.29) is 21.4 Å². The number of benzene rings is 1. The van der Waals surface area contributed by atoms with E-state index in [2.05, 4.69) is 0 Å². The van der Waals surface area contributed by atoms with Crippen LogP contribution in [0.4, 0.5) is 5.69 Å². The summed E-state index contributed by atoms with van der Waals surface area (Å²) >= 11 is 0. The van der Waals surface area contributed by atoms with E-state index in [1.165, 1.54) is 12.1 Å². The second-order valence-electron chi connectivity index (χ2n) is 2.26. The van der Waals surface area contributed by atoms with Crippen LogP contribution in [-0.4, -0.2) is 17.9 Å². The van der Waals surface area contributed by atoms with Crippen molar-refractivity contribution >= 4 is 25.6 Å². The highest BCUT2D eigenvalue weighted by Crippen LogP contribution is 2.24. The smallest absolute Gasteiger partial charge is 0.277 e. The molecule has 0 atom stereocenters. The fraction of sp³-hybridized carbons (Fsp3) is 0. The van der Waals surface area contributed by atoms with Gasteiger partial charge in [-0.2, -0.15) is 8.42 Å². The molecule has 0 unspecified atom stereocenters. The minimum absolute atomic E-state index is 0.135. The van der Waals surface area contributed by atoms with Gasteiger partial charge in [0.15, 0.2) is 0 Å². The molecule has 1 aromatic carbocycles. The summed E-state index contributed by atoms with van der Waals surface area (Å²) in [6, 6.07) is 4.81. The molecule has 0 aliphatic carbocycles. The highest BCUT2D eigenvalue weighted by Gasteiger charge is 2.09. The summed E-state index contributed by atoms with van der Waals surface area (Å²) in [7, 11) is -3.94. The summed E-state index contributed by atoms with van der Waals surface area (Å²) in [5.74, 6) is 0. The average Bonchev–Trinajstić information content (AvgIpc) is 2.02. The number of hydrogen-bond acceptors (Lipinski definition) is 5. The lowest BCUT2D eigenvalue weighted by molar-refractivity contribution is -0.384. The van der Waals surface area contributed by atoms with E-state index in [0.29, 0.717) is 0 Å². The van der Waals surface area contributed by atoms with Crippen molar-refractivity contribution in [2.24, 2.45) is 0 Å². The topological polar surface area (TPSA) is 97.5 Å². The van der Waals surface area contributed by atoms with Gasteiger partial charge in [-0.25, -0.2) is 0 Å². The van der Waals surface area contributed by atoms with Crippen LogP contribution < -0.4 is 0 Å². The van der Waals surface area contributed by atoms with Crippen LogP contribution in [0.25, 0.3) is 0 Å². The van der Waals surface area contributed by atoms with Crippen molar-refractivity contribution in [1.82, 2.24) is 0 Å². The molecule has 0 radical (unpaired) electrons. The molecule has 8 heteroatoms. The van der Waals surface area contributed by atoms with Crippen molar-refractivity contribution in [1.29, 1.82) is 0 Å². The average molecular weight is 235 g/mol. The first-order chi connectivity index (χ1) is 6.38. The maximum atomic E-state index is 10.4. The molecule has 0 spiro atoms. The van der Waals surface area contributed by atoms with Gasteiger partial charge >= 0.3 is 9.15 Å². The van der Waals surface area contributed by atoms with Gasteiger partial charge < -0.3 is 0 Å². The molecular formula is C6H5NO5S2. The predicted octanol–water partition coefficient (Wildman–Crippen LogP) is 1.49. The number of rotatable bonds is 3. The second-order valence-corrected chi connectivity index (χ2v) is 5.52. The van der Waals surface area contributed by atoms with E-state index in [1.807, 2.05) is 0 Å². The molecule has 0 heterocycles. The molecule has 0 bridgehead atoms. The highest BCUT2D eigenvalue weighted by molar-refractivity contribution is 8.69. The zero-order valence-corrected chi connectivity index (χ0v) is 8.29. The van der Waals surface area contributed by atoms with Crippen LogP contribution in [0.3, 0.4) is 0 Å². The molecule has 1 N–H and O–H groups in total. The van der Waals surface area contributed by atoms with Crippen molar-refractivity contribution < 1.29 is 17.9 Å². The monoisotopic (exact) mass is 235 g/mol. The van der Waals surface area contributed by atoms with Crippen LogP contribution in [0.5, 0.6) is 0 Å². The molecule has 6 nitrogen and oxygen atoms in total. The SMILES string of the molecule is O=[N+]([O-])c1ccc(SS(=O)(=O)O)cc1. The summed E-state index contributed by atoms with van der Waals surface area (Å²) in [6.45, 7) is 0. The molecule has 0 aliphatic rings. The van der Waals surface area contributed by atoms with Gasteiger partial charge in [-0.05, 0) is 12.1 Å². The summed E-state index contributed by atoms with van der Waals surface area (Å²) in [5.41, 5.74) is -0.135. The Morgan fingerprint density at radius 3 is 2.14 bits per heavy atom. The lowest BCUT2D eigenvalue weighted by atomic mass is 10.3. The third kappa shape index (κ3) is 3.32. The standard InChI is InChI=1S/C6H5NO5S2/c8-7(9)5-1-3-6(4-2-5)13-14(10,11)12/h1-4H,(H,10,11,12). The fourth-order valence-corrected chi connectivity index (χ4v) is 2.30. The molecule has 1 rings (SSSR count). The molecule has 0 amide bonds. The summed E-state index contributed by atoms with van der Waals surface area (Å²) in [6.07, 6.45) is 0. The van der Waals surface area contributed by atoms with Crippen LogP contribution in [0.15, 0.2) is 29.2 Å². The van der Waals surface area contributed by atoms with Crippen LogP contribution in [0.1, 0.15) is 0 Å². The first-order valence-corrected chi connectivity index (χ1v) is 6.07. The fourth-order valence-electron chi connectivity index (χ4n) is 0.745. The van der Waals surface area contributed by atoms with Gasteiger partial charge in [-0.3, -0.25) is 14.7 Å². The minimum Gasteiger partial charge on any atom is -0.277 e. The molecule has 0 aliphatic heterocycles. The highest BCUT2D eigenvalue weighted by atomic mass is 33.1.